The molecule has 94 valence electrons. The lowest BCUT2D eigenvalue weighted by atomic mass is 9.89. The van der Waals surface area contributed by atoms with Crippen LogP contribution in [0.4, 0.5) is 0 Å². The number of carbonyl (C=O) groups is 1. The number of rotatable bonds is 5. The van der Waals surface area contributed by atoms with Crippen LogP contribution in [-0.4, -0.2) is 23.9 Å². The summed E-state index contributed by atoms with van der Waals surface area (Å²) in [5.41, 5.74) is 0.459. The van der Waals surface area contributed by atoms with E-state index in [1.54, 1.807) is 0 Å². The molecular weight excluding hydrogens is 198 g/mol. The number of carbonyl (C=O) groups excluding carboxylic acids is 1. The van der Waals surface area contributed by atoms with Gasteiger partial charge in [0.05, 0.1) is 0 Å². The van der Waals surface area contributed by atoms with Crippen LogP contribution in [0.2, 0.25) is 0 Å². The molecule has 0 atom stereocenters. The first kappa shape index (κ1) is 13.5. The van der Waals surface area contributed by atoms with Gasteiger partial charge in [0.2, 0.25) is 5.91 Å². The number of amides is 1. The highest BCUT2D eigenvalue weighted by atomic mass is 16.2. The van der Waals surface area contributed by atoms with Gasteiger partial charge in [-0.25, -0.2) is 0 Å². The predicted octanol–water partition coefficient (Wildman–Crippen LogP) is 3.61. The van der Waals surface area contributed by atoms with E-state index in [0.29, 0.717) is 11.3 Å². The van der Waals surface area contributed by atoms with Crippen molar-refractivity contribution in [2.45, 2.75) is 65.7 Å². The maximum Gasteiger partial charge on any atom is 0.222 e. The van der Waals surface area contributed by atoms with Crippen LogP contribution in [0.5, 0.6) is 0 Å². The maximum atomic E-state index is 11.5. The minimum absolute atomic E-state index is 0.377. The Hall–Kier alpha value is -0.530. The van der Waals surface area contributed by atoms with Gasteiger partial charge >= 0.3 is 0 Å². The smallest absolute Gasteiger partial charge is 0.222 e. The molecule has 0 aromatic carbocycles. The SMILES string of the molecule is CC(C)(C)CCCCCN1CCCCC1=O. The average molecular weight is 225 g/mol. The highest BCUT2D eigenvalue weighted by Gasteiger charge is 2.17. The lowest BCUT2D eigenvalue weighted by molar-refractivity contribution is -0.133. The summed E-state index contributed by atoms with van der Waals surface area (Å²) in [4.78, 5) is 13.6. The molecule has 1 saturated heterocycles. The van der Waals surface area contributed by atoms with E-state index in [1.807, 2.05) is 0 Å². The summed E-state index contributed by atoms with van der Waals surface area (Å²) in [5.74, 6) is 0.377. The Balaban J connectivity index is 2.04. The molecule has 0 radical (unpaired) electrons. The highest BCUT2D eigenvalue weighted by Crippen LogP contribution is 2.22. The number of nitrogens with zero attached hydrogens (tertiary/aromatic N) is 1. The molecule has 1 aliphatic heterocycles. The van der Waals surface area contributed by atoms with Crippen molar-refractivity contribution in [1.82, 2.24) is 4.90 Å². The number of likely N-dealkylation sites (tertiary alicyclic amines) is 1. The van der Waals surface area contributed by atoms with E-state index in [4.69, 9.17) is 0 Å². The largest absolute Gasteiger partial charge is 0.343 e. The predicted molar refractivity (Wildman–Crippen MR) is 68.4 cm³/mol. The van der Waals surface area contributed by atoms with Gasteiger partial charge < -0.3 is 4.90 Å². The molecule has 0 aromatic rings. The minimum Gasteiger partial charge on any atom is -0.343 e. The van der Waals surface area contributed by atoms with E-state index in [-0.39, 0.29) is 0 Å². The van der Waals surface area contributed by atoms with Gasteiger partial charge in [-0.15, -0.1) is 0 Å². The molecule has 1 fully saturated rings. The lowest BCUT2D eigenvalue weighted by Crippen LogP contribution is -2.35. The van der Waals surface area contributed by atoms with Crippen molar-refractivity contribution in [3.05, 3.63) is 0 Å². The third-order valence-electron chi connectivity index (χ3n) is 3.28. The second-order valence-corrected chi connectivity index (χ2v) is 6.21. The van der Waals surface area contributed by atoms with E-state index in [2.05, 4.69) is 25.7 Å². The summed E-state index contributed by atoms with van der Waals surface area (Å²) in [5, 5.41) is 0. The lowest BCUT2D eigenvalue weighted by Gasteiger charge is -2.26. The molecule has 0 aliphatic carbocycles. The summed E-state index contributed by atoms with van der Waals surface area (Å²) in [6.07, 6.45) is 8.12. The summed E-state index contributed by atoms with van der Waals surface area (Å²) >= 11 is 0. The molecule has 0 bridgehead atoms. The molecule has 0 aromatic heterocycles. The Kier molecular flexibility index (Phi) is 5.30. The van der Waals surface area contributed by atoms with Crippen molar-refractivity contribution < 1.29 is 4.79 Å². The standard InChI is InChI=1S/C14H27NO/c1-14(2,3)10-6-4-7-11-15-12-8-5-9-13(15)16/h4-12H2,1-3H3. The number of hydrogen-bond acceptors (Lipinski definition) is 1. The molecule has 2 heteroatoms. The Morgan fingerprint density at radius 3 is 2.50 bits per heavy atom. The van der Waals surface area contributed by atoms with Crippen molar-refractivity contribution in [1.29, 1.82) is 0 Å². The fourth-order valence-corrected chi connectivity index (χ4v) is 2.23. The number of unbranched alkanes of at least 4 members (excludes halogenated alkanes) is 2. The van der Waals surface area contributed by atoms with Crippen LogP contribution in [0.3, 0.4) is 0 Å². The van der Waals surface area contributed by atoms with Crippen molar-refractivity contribution in [3.63, 3.8) is 0 Å². The van der Waals surface area contributed by atoms with Gasteiger partial charge in [-0.1, -0.05) is 33.6 Å². The normalized spacial score (nSPS) is 17.9. The van der Waals surface area contributed by atoms with Gasteiger partial charge in [0.25, 0.3) is 0 Å². The summed E-state index contributed by atoms with van der Waals surface area (Å²) < 4.78 is 0. The molecule has 0 N–H and O–H groups in total. The Morgan fingerprint density at radius 2 is 1.88 bits per heavy atom. The Bertz CT molecular complexity index is 217. The van der Waals surface area contributed by atoms with E-state index in [9.17, 15) is 4.79 Å². The second kappa shape index (κ2) is 6.27. The number of piperidine rings is 1. The van der Waals surface area contributed by atoms with Crippen LogP contribution in [0.15, 0.2) is 0 Å². The van der Waals surface area contributed by atoms with E-state index in [0.717, 1.165) is 25.9 Å². The van der Waals surface area contributed by atoms with Crippen molar-refractivity contribution in [2.75, 3.05) is 13.1 Å². The van der Waals surface area contributed by atoms with Gasteiger partial charge in [0.1, 0.15) is 0 Å². The molecule has 1 rings (SSSR count). The number of hydrogen-bond donors (Lipinski definition) is 0. The van der Waals surface area contributed by atoms with Crippen molar-refractivity contribution >= 4 is 5.91 Å². The fourth-order valence-electron chi connectivity index (χ4n) is 2.23. The first-order valence-electron chi connectivity index (χ1n) is 6.77. The van der Waals surface area contributed by atoms with Crippen LogP contribution in [0.1, 0.15) is 65.7 Å². The van der Waals surface area contributed by atoms with E-state index < -0.39 is 0 Å². The first-order chi connectivity index (χ1) is 7.49. The van der Waals surface area contributed by atoms with Crippen LogP contribution in [0, 0.1) is 5.41 Å². The van der Waals surface area contributed by atoms with Crippen LogP contribution in [0.25, 0.3) is 0 Å². The third kappa shape index (κ3) is 5.53. The van der Waals surface area contributed by atoms with Gasteiger partial charge in [-0.2, -0.15) is 0 Å². The molecule has 1 heterocycles. The van der Waals surface area contributed by atoms with Gasteiger partial charge in [-0.3, -0.25) is 4.79 Å². The quantitative estimate of drug-likeness (QED) is 0.655. The molecule has 1 aliphatic rings. The zero-order chi connectivity index (χ0) is 12.0. The van der Waals surface area contributed by atoms with Gasteiger partial charge in [0.15, 0.2) is 0 Å². The van der Waals surface area contributed by atoms with Crippen LogP contribution in [-0.2, 0) is 4.79 Å². The summed E-state index contributed by atoms with van der Waals surface area (Å²) in [7, 11) is 0. The molecule has 0 saturated carbocycles. The Labute approximate surface area is 100 Å². The summed E-state index contributed by atoms with van der Waals surface area (Å²) in [6.45, 7) is 8.87. The third-order valence-corrected chi connectivity index (χ3v) is 3.28. The highest BCUT2D eigenvalue weighted by molar-refractivity contribution is 5.76. The molecule has 0 unspecified atom stereocenters. The topological polar surface area (TPSA) is 20.3 Å². The van der Waals surface area contributed by atoms with E-state index >= 15 is 0 Å². The molecule has 2 nitrogen and oxygen atoms in total. The Morgan fingerprint density at radius 1 is 1.12 bits per heavy atom. The minimum atomic E-state index is 0.377. The van der Waals surface area contributed by atoms with Crippen molar-refractivity contribution in [3.8, 4) is 0 Å². The summed E-state index contributed by atoms with van der Waals surface area (Å²) in [6, 6.07) is 0. The second-order valence-electron chi connectivity index (χ2n) is 6.21. The zero-order valence-electron chi connectivity index (χ0n) is 11.2. The first-order valence-corrected chi connectivity index (χ1v) is 6.77. The van der Waals surface area contributed by atoms with Crippen LogP contribution < -0.4 is 0 Å². The fraction of sp³-hybridized carbons (Fsp3) is 0.929. The monoisotopic (exact) mass is 225 g/mol. The molecule has 0 spiro atoms. The van der Waals surface area contributed by atoms with Crippen molar-refractivity contribution in [2.24, 2.45) is 5.41 Å². The van der Waals surface area contributed by atoms with E-state index in [1.165, 1.54) is 32.1 Å². The molecular formula is C14H27NO. The van der Waals surface area contributed by atoms with Gasteiger partial charge in [0, 0.05) is 19.5 Å². The van der Waals surface area contributed by atoms with Crippen LogP contribution >= 0.6 is 0 Å². The maximum absolute atomic E-state index is 11.5. The molecule has 1 amide bonds. The zero-order valence-corrected chi connectivity index (χ0v) is 11.2. The van der Waals surface area contributed by atoms with Gasteiger partial charge in [-0.05, 0) is 31.1 Å². The molecule has 16 heavy (non-hydrogen) atoms. The average Bonchev–Trinajstić information content (AvgIpc) is 2.18.